The number of likely N-dealkylation sites (tertiary alicyclic amines) is 1. The van der Waals surface area contributed by atoms with Crippen LogP contribution in [0, 0.1) is 13.8 Å². The van der Waals surface area contributed by atoms with Crippen LogP contribution in [-0.2, 0) is 0 Å². The summed E-state index contributed by atoms with van der Waals surface area (Å²) in [6.07, 6.45) is 8.72. The number of anilines is 2. The summed E-state index contributed by atoms with van der Waals surface area (Å²) in [4.78, 5) is 27.4. The molecule has 0 unspecified atom stereocenters. The molecule has 0 amide bonds. The molecular weight excluding hydrogens is 434 g/mol. The highest BCUT2D eigenvalue weighted by atomic mass is 16.1. The summed E-state index contributed by atoms with van der Waals surface area (Å²) >= 11 is 0. The van der Waals surface area contributed by atoms with Gasteiger partial charge in [0.15, 0.2) is 0 Å². The molecule has 2 N–H and O–H groups in total. The molecule has 1 saturated heterocycles. The summed E-state index contributed by atoms with van der Waals surface area (Å²) in [6, 6.07) is 15.3. The summed E-state index contributed by atoms with van der Waals surface area (Å²) in [5.74, 6) is 1.19. The van der Waals surface area contributed by atoms with E-state index < -0.39 is 0 Å². The minimum Gasteiger partial charge on any atom is -0.340 e. The number of H-pyrrole nitrogens is 1. The highest BCUT2D eigenvalue weighted by Gasteiger charge is 2.32. The first kappa shape index (κ1) is 22.0. The lowest BCUT2D eigenvalue weighted by molar-refractivity contribution is 0.203. The molecule has 2 fully saturated rings. The Labute approximate surface area is 205 Å². The maximum absolute atomic E-state index is 12.7. The highest BCUT2D eigenvalue weighted by Crippen LogP contribution is 2.36. The fourth-order valence-corrected chi connectivity index (χ4v) is 5.52. The van der Waals surface area contributed by atoms with Crippen molar-refractivity contribution in [3.8, 4) is 11.3 Å². The Morgan fingerprint density at radius 2 is 1.83 bits per heavy atom. The van der Waals surface area contributed by atoms with Crippen molar-refractivity contribution in [2.75, 3.05) is 18.4 Å². The normalized spacial score (nSPS) is 17.1. The molecule has 6 rings (SSSR count). The first-order chi connectivity index (χ1) is 17.0. The van der Waals surface area contributed by atoms with Crippen LogP contribution in [0.1, 0.15) is 48.4 Å². The van der Waals surface area contributed by atoms with Gasteiger partial charge in [-0.25, -0.2) is 4.98 Å². The van der Waals surface area contributed by atoms with E-state index in [1.165, 1.54) is 49.9 Å². The summed E-state index contributed by atoms with van der Waals surface area (Å²) in [6.45, 7) is 6.60. The fourth-order valence-electron chi connectivity index (χ4n) is 5.52. The van der Waals surface area contributed by atoms with E-state index in [2.05, 4.69) is 45.3 Å². The molecule has 6 nitrogen and oxygen atoms in total. The second kappa shape index (κ2) is 8.93. The molecule has 178 valence electrons. The number of nitrogens with one attached hydrogen (secondary N) is 2. The van der Waals surface area contributed by atoms with E-state index in [4.69, 9.17) is 4.98 Å². The van der Waals surface area contributed by atoms with E-state index in [9.17, 15) is 4.79 Å². The van der Waals surface area contributed by atoms with E-state index in [0.29, 0.717) is 17.1 Å². The largest absolute Gasteiger partial charge is 0.340 e. The number of piperidine rings is 1. The Balaban J connectivity index is 1.31. The van der Waals surface area contributed by atoms with E-state index in [-0.39, 0.29) is 5.56 Å². The van der Waals surface area contributed by atoms with E-state index in [0.717, 1.165) is 34.1 Å². The zero-order valence-electron chi connectivity index (χ0n) is 20.3. The van der Waals surface area contributed by atoms with Crippen molar-refractivity contribution in [1.82, 2.24) is 19.9 Å². The Bertz CT molecular complexity index is 1450. The zero-order chi connectivity index (χ0) is 23.9. The number of aromatic amines is 1. The number of nitrogens with zero attached hydrogens (tertiary/aromatic N) is 3. The first-order valence-electron chi connectivity index (χ1n) is 12.6. The lowest BCUT2D eigenvalue weighted by Gasteiger charge is -2.33. The number of hydrogen-bond donors (Lipinski definition) is 2. The molecule has 1 aliphatic heterocycles. The van der Waals surface area contributed by atoms with Gasteiger partial charge in [0.25, 0.3) is 5.56 Å². The van der Waals surface area contributed by atoms with E-state index in [1.54, 1.807) is 12.4 Å². The Kier molecular flexibility index (Phi) is 5.61. The number of pyridine rings is 3. The van der Waals surface area contributed by atoms with Crippen LogP contribution in [0.2, 0.25) is 0 Å². The minimum absolute atomic E-state index is 0.147. The van der Waals surface area contributed by atoms with Crippen LogP contribution in [0.15, 0.2) is 59.7 Å². The molecule has 1 saturated carbocycles. The van der Waals surface area contributed by atoms with Crippen LogP contribution in [0.25, 0.3) is 22.0 Å². The minimum atomic E-state index is -0.147. The molecule has 4 aromatic rings. The SMILES string of the molecule is Cc1cc(-c2cc3cc[nH]c(=O)c3c(Nc3ccc(C4CCN(C5CC5)CC4)c(C)c3)n2)ccn1. The summed E-state index contributed by atoms with van der Waals surface area (Å²) in [7, 11) is 0. The van der Waals surface area contributed by atoms with E-state index >= 15 is 0 Å². The quantitative estimate of drug-likeness (QED) is 0.396. The molecule has 3 aromatic heterocycles. The standard InChI is InChI=1S/C29H31N5O/c1-18-15-23(3-6-25(18)20-9-13-34(14-10-20)24-4-5-24)32-28-27-22(8-12-31-29(27)35)17-26(33-28)21-7-11-30-19(2)16-21/h3,6-8,11-12,15-17,20,24H,4-5,9-10,13-14H2,1-2H3,(H,31,35)(H,32,33). The maximum atomic E-state index is 12.7. The van der Waals surface area contributed by atoms with Gasteiger partial charge in [0.1, 0.15) is 5.82 Å². The third-order valence-electron chi connectivity index (χ3n) is 7.51. The lowest BCUT2D eigenvalue weighted by Crippen LogP contribution is -2.34. The summed E-state index contributed by atoms with van der Waals surface area (Å²) in [5.41, 5.74) is 6.26. The maximum Gasteiger partial charge on any atom is 0.259 e. The van der Waals surface area contributed by atoms with Crippen LogP contribution < -0.4 is 10.9 Å². The third kappa shape index (κ3) is 4.46. The lowest BCUT2D eigenvalue weighted by atomic mass is 9.86. The van der Waals surface area contributed by atoms with Gasteiger partial charge in [-0.3, -0.25) is 9.78 Å². The Morgan fingerprint density at radius 1 is 1.00 bits per heavy atom. The monoisotopic (exact) mass is 465 g/mol. The van der Waals surface area contributed by atoms with Crippen LogP contribution >= 0.6 is 0 Å². The van der Waals surface area contributed by atoms with Crippen molar-refractivity contribution in [2.24, 2.45) is 0 Å². The number of aryl methyl sites for hydroxylation is 2. The zero-order valence-corrected chi connectivity index (χ0v) is 20.3. The topological polar surface area (TPSA) is 73.9 Å². The predicted octanol–water partition coefficient (Wildman–Crippen LogP) is 5.69. The number of hydrogen-bond acceptors (Lipinski definition) is 5. The molecule has 2 aliphatic rings. The highest BCUT2D eigenvalue weighted by molar-refractivity contribution is 5.95. The van der Waals surface area contributed by atoms with Gasteiger partial charge in [0.2, 0.25) is 0 Å². The molecule has 0 spiro atoms. The number of rotatable bonds is 5. The summed E-state index contributed by atoms with van der Waals surface area (Å²) < 4.78 is 0. The molecule has 35 heavy (non-hydrogen) atoms. The van der Waals surface area contributed by atoms with Crippen molar-refractivity contribution in [1.29, 1.82) is 0 Å². The Hall–Kier alpha value is -3.51. The van der Waals surface area contributed by atoms with Gasteiger partial charge in [-0.05, 0) is 111 Å². The number of aromatic nitrogens is 3. The first-order valence-corrected chi connectivity index (χ1v) is 12.6. The Morgan fingerprint density at radius 3 is 2.57 bits per heavy atom. The van der Waals surface area contributed by atoms with E-state index in [1.807, 2.05) is 31.2 Å². The van der Waals surface area contributed by atoms with Gasteiger partial charge < -0.3 is 15.2 Å². The smallest absolute Gasteiger partial charge is 0.259 e. The second-order valence-electron chi connectivity index (χ2n) is 10.1. The average molecular weight is 466 g/mol. The van der Waals surface area contributed by atoms with Gasteiger partial charge in [0.05, 0.1) is 11.1 Å². The van der Waals surface area contributed by atoms with Gasteiger partial charge >= 0.3 is 0 Å². The molecule has 0 radical (unpaired) electrons. The second-order valence-corrected chi connectivity index (χ2v) is 10.1. The summed E-state index contributed by atoms with van der Waals surface area (Å²) in [5, 5.41) is 4.88. The molecule has 6 heteroatoms. The van der Waals surface area contributed by atoms with Gasteiger partial charge in [-0.1, -0.05) is 6.07 Å². The molecule has 1 aromatic carbocycles. The van der Waals surface area contributed by atoms with Gasteiger partial charge in [-0.15, -0.1) is 0 Å². The van der Waals surface area contributed by atoms with Crippen molar-refractivity contribution in [2.45, 2.75) is 51.5 Å². The van der Waals surface area contributed by atoms with Crippen molar-refractivity contribution < 1.29 is 0 Å². The van der Waals surface area contributed by atoms with Crippen LogP contribution in [-0.4, -0.2) is 39.0 Å². The number of fused-ring (bicyclic) bond motifs is 1. The van der Waals surface area contributed by atoms with Gasteiger partial charge in [-0.2, -0.15) is 0 Å². The van der Waals surface area contributed by atoms with Crippen LogP contribution in [0.3, 0.4) is 0 Å². The molecule has 0 bridgehead atoms. The third-order valence-corrected chi connectivity index (χ3v) is 7.51. The number of benzene rings is 1. The molecular formula is C29H31N5O. The predicted molar refractivity (Wildman–Crippen MR) is 141 cm³/mol. The molecule has 4 heterocycles. The average Bonchev–Trinajstić information content (AvgIpc) is 3.70. The van der Waals surface area contributed by atoms with Crippen LogP contribution in [0.4, 0.5) is 11.5 Å². The fraction of sp³-hybridized carbons (Fsp3) is 0.345. The van der Waals surface area contributed by atoms with Crippen molar-refractivity contribution in [3.63, 3.8) is 0 Å². The van der Waals surface area contributed by atoms with Gasteiger partial charge in [0, 0.05) is 35.4 Å². The molecule has 0 atom stereocenters. The van der Waals surface area contributed by atoms with Crippen LogP contribution in [0.5, 0.6) is 0 Å². The molecule has 1 aliphatic carbocycles. The van der Waals surface area contributed by atoms with Crippen molar-refractivity contribution in [3.05, 3.63) is 82.0 Å². The van der Waals surface area contributed by atoms with Crippen molar-refractivity contribution >= 4 is 22.3 Å².